The summed E-state index contributed by atoms with van der Waals surface area (Å²) in [7, 11) is 0. The van der Waals surface area contributed by atoms with E-state index >= 15 is 0 Å². The van der Waals surface area contributed by atoms with Gasteiger partial charge in [0, 0.05) is 37.9 Å². The van der Waals surface area contributed by atoms with Crippen molar-refractivity contribution in [2.24, 2.45) is 5.92 Å². The number of benzene rings is 1. The number of rotatable bonds is 4. The lowest BCUT2D eigenvalue weighted by atomic mass is 9.93. The summed E-state index contributed by atoms with van der Waals surface area (Å²) in [6, 6.07) is 7.22. The molecule has 0 saturated carbocycles. The zero-order valence-corrected chi connectivity index (χ0v) is 11.2. The SMILES string of the molecule is CC1CCC(CO)CN1Cc1ccc([N+](=O)[O-])cc1. The van der Waals surface area contributed by atoms with Gasteiger partial charge in [0.2, 0.25) is 0 Å². The first kappa shape index (κ1) is 14.0. The van der Waals surface area contributed by atoms with Crippen LogP contribution in [0.4, 0.5) is 5.69 Å². The molecule has 0 radical (unpaired) electrons. The first-order chi connectivity index (χ1) is 9.10. The number of aliphatic hydroxyl groups is 1. The van der Waals surface area contributed by atoms with Gasteiger partial charge in [0.1, 0.15) is 0 Å². The van der Waals surface area contributed by atoms with Gasteiger partial charge in [-0.3, -0.25) is 15.0 Å². The molecule has 1 saturated heterocycles. The van der Waals surface area contributed by atoms with Crippen LogP contribution in [0, 0.1) is 16.0 Å². The number of piperidine rings is 1. The van der Waals surface area contributed by atoms with E-state index in [-0.39, 0.29) is 17.2 Å². The van der Waals surface area contributed by atoms with E-state index in [9.17, 15) is 15.2 Å². The highest BCUT2D eigenvalue weighted by atomic mass is 16.6. The second-order valence-corrected chi connectivity index (χ2v) is 5.33. The van der Waals surface area contributed by atoms with E-state index in [0.717, 1.165) is 31.5 Å². The van der Waals surface area contributed by atoms with Crippen LogP contribution in [-0.2, 0) is 6.54 Å². The van der Waals surface area contributed by atoms with Gasteiger partial charge in [-0.05, 0) is 31.2 Å². The molecule has 0 aromatic heterocycles. The molecule has 0 aliphatic carbocycles. The molecule has 19 heavy (non-hydrogen) atoms. The highest BCUT2D eigenvalue weighted by Crippen LogP contribution is 2.24. The summed E-state index contributed by atoms with van der Waals surface area (Å²) in [6.07, 6.45) is 2.17. The molecule has 104 valence electrons. The van der Waals surface area contributed by atoms with Gasteiger partial charge in [0.15, 0.2) is 0 Å². The Morgan fingerprint density at radius 3 is 2.63 bits per heavy atom. The van der Waals surface area contributed by atoms with Crippen molar-refractivity contribution in [3.8, 4) is 0 Å². The number of nitro groups is 1. The number of non-ortho nitro benzene ring substituents is 1. The molecule has 1 fully saturated rings. The largest absolute Gasteiger partial charge is 0.396 e. The molecule has 2 atom stereocenters. The molecule has 1 N–H and O–H groups in total. The van der Waals surface area contributed by atoms with Gasteiger partial charge in [-0.25, -0.2) is 0 Å². The maximum Gasteiger partial charge on any atom is 0.269 e. The van der Waals surface area contributed by atoms with Crippen LogP contribution in [0.2, 0.25) is 0 Å². The van der Waals surface area contributed by atoms with Crippen molar-refractivity contribution in [1.82, 2.24) is 4.90 Å². The lowest BCUT2D eigenvalue weighted by Gasteiger charge is -2.37. The second kappa shape index (κ2) is 6.12. The Labute approximate surface area is 113 Å². The molecule has 0 bridgehead atoms. The molecular weight excluding hydrogens is 244 g/mol. The summed E-state index contributed by atoms with van der Waals surface area (Å²) in [6.45, 7) is 4.12. The average Bonchev–Trinajstić information content (AvgIpc) is 2.42. The maximum atomic E-state index is 10.6. The van der Waals surface area contributed by atoms with E-state index in [1.165, 1.54) is 0 Å². The Morgan fingerprint density at radius 1 is 1.37 bits per heavy atom. The van der Waals surface area contributed by atoms with Crippen LogP contribution in [0.5, 0.6) is 0 Å². The van der Waals surface area contributed by atoms with Crippen LogP contribution in [0.3, 0.4) is 0 Å². The molecule has 0 amide bonds. The normalized spacial score (nSPS) is 24.3. The third-order valence-corrected chi connectivity index (χ3v) is 3.90. The lowest BCUT2D eigenvalue weighted by molar-refractivity contribution is -0.384. The predicted octanol–water partition coefficient (Wildman–Crippen LogP) is 2.19. The summed E-state index contributed by atoms with van der Waals surface area (Å²) in [5.41, 5.74) is 1.21. The van der Waals surface area contributed by atoms with Crippen LogP contribution in [0.15, 0.2) is 24.3 Å². The molecule has 0 spiro atoms. The van der Waals surface area contributed by atoms with Gasteiger partial charge < -0.3 is 5.11 Å². The summed E-state index contributed by atoms with van der Waals surface area (Å²) in [4.78, 5) is 12.6. The molecule has 2 unspecified atom stereocenters. The Bertz CT molecular complexity index is 433. The smallest absolute Gasteiger partial charge is 0.269 e. The van der Waals surface area contributed by atoms with Crippen molar-refractivity contribution in [1.29, 1.82) is 0 Å². The molecule has 2 rings (SSSR count). The molecule has 1 aromatic rings. The topological polar surface area (TPSA) is 66.6 Å². The molecular formula is C14H20N2O3. The number of aliphatic hydroxyl groups excluding tert-OH is 1. The van der Waals surface area contributed by atoms with Gasteiger partial charge in [-0.2, -0.15) is 0 Å². The minimum Gasteiger partial charge on any atom is -0.396 e. The molecule has 1 heterocycles. The third-order valence-electron chi connectivity index (χ3n) is 3.90. The molecule has 5 heteroatoms. The van der Waals surface area contributed by atoms with Gasteiger partial charge in [0.05, 0.1) is 4.92 Å². The van der Waals surface area contributed by atoms with E-state index in [2.05, 4.69) is 11.8 Å². The summed E-state index contributed by atoms with van der Waals surface area (Å²) < 4.78 is 0. The van der Waals surface area contributed by atoms with Crippen molar-refractivity contribution >= 4 is 5.69 Å². The molecule has 1 aliphatic rings. The van der Waals surface area contributed by atoms with Crippen molar-refractivity contribution in [3.05, 3.63) is 39.9 Å². The fourth-order valence-electron chi connectivity index (χ4n) is 2.59. The Kier molecular flexibility index (Phi) is 4.50. The van der Waals surface area contributed by atoms with E-state index in [1.54, 1.807) is 12.1 Å². The number of hydrogen-bond acceptors (Lipinski definition) is 4. The van der Waals surface area contributed by atoms with Crippen LogP contribution in [0.1, 0.15) is 25.3 Å². The Hall–Kier alpha value is -1.46. The minimum atomic E-state index is -0.380. The van der Waals surface area contributed by atoms with E-state index in [1.807, 2.05) is 12.1 Å². The van der Waals surface area contributed by atoms with Crippen LogP contribution < -0.4 is 0 Å². The Balaban J connectivity index is 2.01. The molecule has 1 aromatic carbocycles. The lowest BCUT2D eigenvalue weighted by Crippen LogP contribution is -2.42. The monoisotopic (exact) mass is 264 g/mol. The Morgan fingerprint density at radius 2 is 2.05 bits per heavy atom. The van der Waals surface area contributed by atoms with Crippen molar-refractivity contribution in [2.45, 2.75) is 32.4 Å². The third kappa shape index (κ3) is 3.52. The number of likely N-dealkylation sites (tertiary alicyclic amines) is 1. The first-order valence-corrected chi connectivity index (χ1v) is 6.68. The fourth-order valence-corrected chi connectivity index (χ4v) is 2.59. The average molecular weight is 264 g/mol. The van der Waals surface area contributed by atoms with Gasteiger partial charge in [-0.1, -0.05) is 12.1 Å². The van der Waals surface area contributed by atoms with Crippen LogP contribution in [0.25, 0.3) is 0 Å². The van der Waals surface area contributed by atoms with Crippen molar-refractivity contribution in [3.63, 3.8) is 0 Å². The number of hydrogen-bond donors (Lipinski definition) is 1. The highest BCUT2D eigenvalue weighted by molar-refractivity contribution is 5.32. The van der Waals surface area contributed by atoms with Gasteiger partial charge in [0.25, 0.3) is 5.69 Å². The zero-order valence-electron chi connectivity index (χ0n) is 11.2. The summed E-state index contributed by atoms with van der Waals surface area (Å²) >= 11 is 0. The molecule has 1 aliphatic heterocycles. The minimum absolute atomic E-state index is 0.128. The number of nitro benzene ring substituents is 1. The van der Waals surface area contributed by atoms with Gasteiger partial charge in [-0.15, -0.1) is 0 Å². The fraction of sp³-hybridized carbons (Fsp3) is 0.571. The van der Waals surface area contributed by atoms with Crippen molar-refractivity contribution in [2.75, 3.05) is 13.2 Å². The summed E-state index contributed by atoms with van der Waals surface area (Å²) in [5.74, 6) is 0.356. The second-order valence-electron chi connectivity index (χ2n) is 5.33. The van der Waals surface area contributed by atoms with Gasteiger partial charge >= 0.3 is 0 Å². The van der Waals surface area contributed by atoms with Crippen LogP contribution in [-0.4, -0.2) is 34.1 Å². The first-order valence-electron chi connectivity index (χ1n) is 6.68. The maximum absolute atomic E-state index is 10.6. The van der Waals surface area contributed by atoms with Crippen molar-refractivity contribution < 1.29 is 10.0 Å². The van der Waals surface area contributed by atoms with E-state index in [4.69, 9.17) is 0 Å². The highest BCUT2D eigenvalue weighted by Gasteiger charge is 2.24. The predicted molar refractivity (Wildman–Crippen MR) is 72.8 cm³/mol. The quantitative estimate of drug-likeness (QED) is 0.668. The summed E-state index contributed by atoms with van der Waals surface area (Å²) in [5, 5.41) is 19.9. The number of nitrogens with zero attached hydrogens (tertiary/aromatic N) is 2. The molecule has 5 nitrogen and oxygen atoms in total. The van der Waals surface area contributed by atoms with E-state index in [0.29, 0.717) is 12.0 Å². The zero-order chi connectivity index (χ0) is 13.8. The van der Waals surface area contributed by atoms with E-state index < -0.39 is 0 Å². The standard InChI is InChI=1S/C14H20N2O3/c1-11-2-3-13(10-17)9-15(11)8-12-4-6-14(7-5-12)16(18)19/h4-7,11,13,17H,2-3,8-10H2,1H3. The van der Waals surface area contributed by atoms with Crippen LogP contribution >= 0.6 is 0 Å².